The van der Waals surface area contributed by atoms with Crippen LogP contribution in [0.4, 0.5) is 13.2 Å². The van der Waals surface area contributed by atoms with Gasteiger partial charge in [-0.25, -0.2) is 0 Å². The van der Waals surface area contributed by atoms with E-state index in [0.717, 1.165) is 10.6 Å². The van der Waals surface area contributed by atoms with Gasteiger partial charge in [0.15, 0.2) is 0 Å². The van der Waals surface area contributed by atoms with E-state index in [9.17, 15) is 18.0 Å². The number of carbonyl (C=O) groups is 1. The fourth-order valence-corrected chi connectivity index (χ4v) is 2.83. The standard InChI is InChI=1S/C14H19F3N2OS/c1-9(2)11-10(6-5-7-18-11)21-8-13(3,4)19-12(20)14(15,16)17/h5-7,9H,8H2,1-4H3,(H,19,20). The first-order valence-electron chi connectivity index (χ1n) is 6.50. The van der Waals surface area contributed by atoms with Crippen LogP contribution in [-0.2, 0) is 4.79 Å². The van der Waals surface area contributed by atoms with Gasteiger partial charge in [0.05, 0.1) is 5.69 Å². The molecule has 0 radical (unpaired) electrons. The highest BCUT2D eigenvalue weighted by molar-refractivity contribution is 7.99. The number of pyridine rings is 1. The third-order valence-corrected chi connectivity index (χ3v) is 4.17. The van der Waals surface area contributed by atoms with Crippen molar-refractivity contribution in [2.24, 2.45) is 0 Å². The van der Waals surface area contributed by atoms with Gasteiger partial charge >= 0.3 is 12.1 Å². The predicted octanol–water partition coefficient (Wildman–Crippen LogP) is 3.75. The van der Waals surface area contributed by atoms with E-state index in [-0.39, 0.29) is 5.92 Å². The Morgan fingerprint density at radius 2 is 2.00 bits per heavy atom. The predicted molar refractivity (Wildman–Crippen MR) is 77.3 cm³/mol. The van der Waals surface area contributed by atoms with E-state index < -0.39 is 17.6 Å². The lowest BCUT2D eigenvalue weighted by Crippen LogP contribution is -2.50. The van der Waals surface area contributed by atoms with Crippen LogP contribution in [0.25, 0.3) is 0 Å². The van der Waals surface area contributed by atoms with Gasteiger partial charge in [-0.05, 0) is 31.9 Å². The zero-order valence-corrected chi connectivity index (χ0v) is 13.2. The van der Waals surface area contributed by atoms with Gasteiger partial charge in [0.1, 0.15) is 0 Å². The summed E-state index contributed by atoms with van der Waals surface area (Å²) in [5.41, 5.74) is -0.0677. The van der Waals surface area contributed by atoms with Crippen LogP contribution in [0, 0.1) is 0 Å². The molecule has 1 rings (SSSR count). The van der Waals surface area contributed by atoms with Crippen molar-refractivity contribution < 1.29 is 18.0 Å². The molecule has 0 spiro atoms. The Morgan fingerprint density at radius 1 is 1.38 bits per heavy atom. The van der Waals surface area contributed by atoms with Crippen molar-refractivity contribution in [2.75, 3.05) is 5.75 Å². The van der Waals surface area contributed by atoms with Gasteiger partial charge < -0.3 is 5.32 Å². The molecule has 0 saturated heterocycles. The van der Waals surface area contributed by atoms with Crippen molar-refractivity contribution >= 4 is 17.7 Å². The quantitative estimate of drug-likeness (QED) is 0.840. The summed E-state index contributed by atoms with van der Waals surface area (Å²) >= 11 is 1.39. The van der Waals surface area contributed by atoms with Crippen LogP contribution < -0.4 is 5.32 Å². The Labute approximate surface area is 126 Å². The molecule has 3 nitrogen and oxygen atoms in total. The lowest BCUT2D eigenvalue weighted by molar-refractivity contribution is -0.175. The monoisotopic (exact) mass is 320 g/mol. The second-order valence-corrected chi connectivity index (χ2v) is 6.68. The van der Waals surface area contributed by atoms with Crippen molar-refractivity contribution in [3.8, 4) is 0 Å². The van der Waals surface area contributed by atoms with E-state index in [4.69, 9.17) is 0 Å². The molecule has 0 saturated carbocycles. The molecule has 0 atom stereocenters. The molecular weight excluding hydrogens is 301 g/mol. The van der Waals surface area contributed by atoms with Gasteiger partial charge in [-0.15, -0.1) is 11.8 Å². The molecule has 118 valence electrons. The lowest BCUT2D eigenvalue weighted by atomic mass is 10.1. The molecule has 0 bridgehead atoms. The molecule has 0 aliphatic rings. The number of amides is 1. The molecule has 1 amide bonds. The largest absolute Gasteiger partial charge is 0.471 e. The number of aromatic nitrogens is 1. The maximum Gasteiger partial charge on any atom is 0.471 e. The molecule has 1 heterocycles. The molecule has 0 aliphatic carbocycles. The van der Waals surface area contributed by atoms with E-state index in [1.807, 2.05) is 25.2 Å². The van der Waals surface area contributed by atoms with Crippen LogP contribution in [0.3, 0.4) is 0 Å². The smallest absolute Gasteiger partial charge is 0.343 e. The maximum absolute atomic E-state index is 12.3. The van der Waals surface area contributed by atoms with Gasteiger partial charge in [-0.3, -0.25) is 9.78 Å². The van der Waals surface area contributed by atoms with E-state index >= 15 is 0 Å². The van der Waals surface area contributed by atoms with Crippen LogP contribution in [0.5, 0.6) is 0 Å². The summed E-state index contributed by atoms with van der Waals surface area (Å²) in [6, 6.07) is 3.67. The second-order valence-electron chi connectivity index (χ2n) is 5.67. The Balaban J connectivity index is 2.72. The molecule has 1 aromatic rings. The first-order valence-corrected chi connectivity index (χ1v) is 7.48. The fourth-order valence-electron chi connectivity index (χ4n) is 1.63. The molecule has 0 fully saturated rings. The zero-order chi connectivity index (χ0) is 16.3. The van der Waals surface area contributed by atoms with E-state index in [2.05, 4.69) is 4.98 Å². The first-order chi connectivity index (χ1) is 9.53. The molecular formula is C14H19F3N2OS. The molecule has 1 N–H and O–H groups in total. The number of hydrogen-bond donors (Lipinski definition) is 1. The van der Waals surface area contributed by atoms with E-state index in [0.29, 0.717) is 5.75 Å². The first kappa shape index (κ1) is 17.8. The molecule has 1 aromatic heterocycles. The van der Waals surface area contributed by atoms with E-state index in [1.54, 1.807) is 26.1 Å². The molecule has 21 heavy (non-hydrogen) atoms. The summed E-state index contributed by atoms with van der Waals surface area (Å²) in [6.45, 7) is 7.13. The Morgan fingerprint density at radius 3 is 2.52 bits per heavy atom. The number of hydrogen-bond acceptors (Lipinski definition) is 3. The lowest BCUT2D eigenvalue weighted by Gasteiger charge is -2.26. The van der Waals surface area contributed by atoms with Crippen molar-refractivity contribution in [1.29, 1.82) is 0 Å². The number of nitrogens with one attached hydrogen (secondary N) is 1. The topological polar surface area (TPSA) is 42.0 Å². The van der Waals surface area contributed by atoms with Crippen LogP contribution in [0.2, 0.25) is 0 Å². The van der Waals surface area contributed by atoms with Crippen molar-refractivity contribution in [2.45, 2.75) is 50.2 Å². The molecule has 7 heteroatoms. The normalized spacial score (nSPS) is 12.6. The van der Waals surface area contributed by atoms with Crippen LogP contribution in [0.1, 0.15) is 39.3 Å². The van der Waals surface area contributed by atoms with Gasteiger partial charge in [-0.1, -0.05) is 13.8 Å². The van der Waals surface area contributed by atoms with Crippen LogP contribution in [-0.4, -0.2) is 28.4 Å². The van der Waals surface area contributed by atoms with Crippen LogP contribution >= 0.6 is 11.8 Å². The van der Waals surface area contributed by atoms with E-state index in [1.165, 1.54) is 11.8 Å². The summed E-state index contributed by atoms with van der Waals surface area (Å²) in [5.74, 6) is -1.37. The third kappa shape index (κ3) is 5.57. The number of halogens is 3. The van der Waals surface area contributed by atoms with Gasteiger partial charge in [-0.2, -0.15) is 13.2 Å². The van der Waals surface area contributed by atoms with Gasteiger partial charge in [0, 0.05) is 22.4 Å². The highest BCUT2D eigenvalue weighted by atomic mass is 32.2. The Bertz CT molecular complexity index is 501. The summed E-state index contributed by atoms with van der Waals surface area (Å²) < 4.78 is 36.9. The Hall–Kier alpha value is -1.24. The van der Waals surface area contributed by atoms with Gasteiger partial charge in [0.25, 0.3) is 0 Å². The SMILES string of the molecule is CC(C)c1ncccc1SCC(C)(C)NC(=O)C(F)(F)F. The minimum atomic E-state index is -4.86. The summed E-state index contributed by atoms with van der Waals surface area (Å²) in [4.78, 5) is 16.2. The third-order valence-electron chi connectivity index (χ3n) is 2.64. The van der Waals surface area contributed by atoms with Crippen molar-refractivity contribution in [3.05, 3.63) is 24.0 Å². The molecule has 0 unspecified atom stereocenters. The highest BCUT2D eigenvalue weighted by Crippen LogP contribution is 2.29. The second kappa shape index (κ2) is 6.68. The summed E-state index contributed by atoms with van der Waals surface area (Å²) in [5, 5.41) is 2.01. The summed E-state index contributed by atoms with van der Waals surface area (Å²) in [7, 11) is 0. The number of carbonyl (C=O) groups excluding carboxylic acids is 1. The molecule has 0 aromatic carbocycles. The minimum absolute atomic E-state index is 0.224. The fraction of sp³-hybridized carbons (Fsp3) is 0.571. The number of thioether (sulfide) groups is 1. The van der Waals surface area contributed by atoms with Crippen molar-refractivity contribution in [3.63, 3.8) is 0 Å². The van der Waals surface area contributed by atoms with Crippen LogP contribution in [0.15, 0.2) is 23.2 Å². The zero-order valence-electron chi connectivity index (χ0n) is 12.4. The highest BCUT2D eigenvalue weighted by Gasteiger charge is 2.41. The Kier molecular flexibility index (Phi) is 5.67. The minimum Gasteiger partial charge on any atom is -0.343 e. The average molecular weight is 320 g/mol. The average Bonchev–Trinajstić information content (AvgIpc) is 2.35. The summed E-state index contributed by atoms with van der Waals surface area (Å²) in [6.07, 6.45) is -3.17. The number of nitrogens with zero attached hydrogens (tertiary/aromatic N) is 1. The van der Waals surface area contributed by atoms with Crippen molar-refractivity contribution in [1.82, 2.24) is 10.3 Å². The molecule has 0 aliphatic heterocycles. The number of rotatable bonds is 5. The van der Waals surface area contributed by atoms with Gasteiger partial charge in [0.2, 0.25) is 0 Å². The maximum atomic E-state index is 12.3. The number of alkyl halides is 3.